The lowest BCUT2D eigenvalue weighted by atomic mass is 10.2. The molecule has 2 aromatic rings. The minimum atomic E-state index is -0.498. The molecule has 0 aliphatic carbocycles. The van der Waals surface area contributed by atoms with Gasteiger partial charge in [-0.15, -0.1) is 0 Å². The average Bonchev–Trinajstić information content (AvgIpc) is 3.13. The van der Waals surface area contributed by atoms with Gasteiger partial charge in [0.1, 0.15) is 5.60 Å². The highest BCUT2D eigenvalue weighted by molar-refractivity contribution is 5.79. The van der Waals surface area contributed by atoms with Crippen LogP contribution in [-0.4, -0.2) is 53.6 Å². The summed E-state index contributed by atoms with van der Waals surface area (Å²) in [6.07, 6.45) is 4.26. The van der Waals surface area contributed by atoms with Crippen LogP contribution in [0.25, 0.3) is 5.69 Å². The Morgan fingerprint density at radius 1 is 1.14 bits per heavy atom. The molecule has 0 saturated carbocycles. The van der Waals surface area contributed by atoms with Gasteiger partial charge in [0.15, 0.2) is 5.96 Å². The fraction of sp³-hybridized carbons (Fsp3) is 0.476. The van der Waals surface area contributed by atoms with E-state index < -0.39 is 11.7 Å². The molecule has 2 rings (SSSR count). The molecule has 0 aliphatic heterocycles. The van der Waals surface area contributed by atoms with Gasteiger partial charge in [-0.2, -0.15) is 5.10 Å². The summed E-state index contributed by atoms with van der Waals surface area (Å²) >= 11 is 0. The fourth-order valence-electron chi connectivity index (χ4n) is 2.51. The maximum atomic E-state index is 11.6. The van der Waals surface area contributed by atoms with Crippen molar-refractivity contribution in [1.82, 2.24) is 25.7 Å². The molecule has 0 fully saturated rings. The Morgan fingerprint density at radius 2 is 1.86 bits per heavy atom. The second-order valence-electron chi connectivity index (χ2n) is 7.49. The molecule has 8 nitrogen and oxygen atoms in total. The van der Waals surface area contributed by atoms with E-state index in [4.69, 9.17) is 4.74 Å². The lowest BCUT2D eigenvalue weighted by molar-refractivity contribution is 0.0529. The molecule has 1 amide bonds. The van der Waals surface area contributed by atoms with Crippen LogP contribution in [0.5, 0.6) is 0 Å². The van der Waals surface area contributed by atoms with Gasteiger partial charge in [0, 0.05) is 32.4 Å². The number of amides is 1. The van der Waals surface area contributed by atoms with Crippen LogP contribution < -0.4 is 16.0 Å². The number of alkyl carbamates (subject to hydrolysis) is 1. The quantitative estimate of drug-likeness (QED) is 0.360. The summed E-state index contributed by atoms with van der Waals surface area (Å²) < 4.78 is 7.07. The number of hydrogen-bond acceptors (Lipinski definition) is 4. The van der Waals surface area contributed by atoms with E-state index >= 15 is 0 Å². The Labute approximate surface area is 172 Å². The normalized spacial score (nSPS) is 11.8. The molecule has 1 aromatic carbocycles. The molecule has 0 unspecified atom stereocenters. The van der Waals surface area contributed by atoms with Crippen LogP contribution in [0.4, 0.5) is 4.79 Å². The van der Waals surface area contributed by atoms with Gasteiger partial charge >= 0.3 is 6.09 Å². The van der Waals surface area contributed by atoms with Crippen LogP contribution in [0.15, 0.2) is 47.7 Å². The number of rotatable bonds is 8. The molecule has 0 saturated heterocycles. The number of guanidine groups is 1. The SMILES string of the molecule is CCNC(=NCCc1cnn(-c2ccccc2)c1)NCCNC(=O)OC(C)(C)C. The van der Waals surface area contributed by atoms with Crippen LogP contribution in [0.1, 0.15) is 33.3 Å². The van der Waals surface area contributed by atoms with Crippen molar-refractivity contribution in [2.45, 2.75) is 39.7 Å². The van der Waals surface area contributed by atoms with Gasteiger partial charge in [-0.1, -0.05) is 18.2 Å². The summed E-state index contributed by atoms with van der Waals surface area (Å²) in [6, 6.07) is 10.0. The zero-order chi connectivity index (χ0) is 21.1. The minimum Gasteiger partial charge on any atom is -0.444 e. The highest BCUT2D eigenvalue weighted by atomic mass is 16.6. The number of ether oxygens (including phenoxy) is 1. The second kappa shape index (κ2) is 11.1. The first kappa shape index (κ1) is 22.3. The van der Waals surface area contributed by atoms with Crippen LogP contribution in [0.3, 0.4) is 0 Å². The van der Waals surface area contributed by atoms with Gasteiger partial charge in [0.25, 0.3) is 0 Å². The minimum absolute atomic E-state index is 0.420. The van der Waals surface area contributed by atoms with Crippen molar-refractivity contribution in [3.05, 3.63) is 48.3 Å². The first-order valence-corrected chi connectivity index (χ1v) is 9.95. The molecule has 29 heavy (non-hydrogen) atoms. The fourth-order valence-corrected chi connectivity index (χ4v) is 2.51. The molecular formula is C21H32N6O2. The number of hydrogen-bond donors (Lipinski definition) is 3. The number of aliphatic imine (C=N–C) groups is 1. The third kappa shape index (κ3) is 8.68. The van der Waals surface area contributed by atoms with Crippen molar-refractivity contribution in [3.63, 3.8) is 0 Å². The Balaban J connectivity index is 1.76. The molecule has 158 valence electrons. The van der Waals surface area contributed by atoms with Crippen LogP contribution in [-0.2, 0) is 11.2 Å². The number of carbonyl (C=O) groups excluding carboxylic acids is 1. The predicted molar refractivity (Wildman–Crippen MR) is 115 cm³/mol. The van der Waals surface area contributed by atoms with E-state index in [-0.39, 0.29) is 0 Å². The number of carbonyl (C=O) groups is 1. The average molecular weight is 401 g/mol. The van der Waals surface area contributed by atoms with E-state index in [1.54, 1.807) is 0 Å². The van der Waals surface area contributed by atoms with Crippen molar-refractivity contribution in [3.8, 4) is 5.69 Å². The number of nitrogens with zero attached hydrogens (tertiary/aromatic N) is 3. The number of benzene rings is 1. The van der Waals surface area contributed by atoms with E-state index in [0.29, 0.717) is 25.6 Å². The largest absolute Gasteiger partial charge is 0.444 e. The third-order valence-electron chi connectivity index (χ3n) is 3.76. The van der Waals surface area contributed by atoms with E-state index in [2.05, 4.69) is 26.0 Å². The predicted octanol–water partition coefficient (Wildman–Crippen LogP) is 2.49. The summed E-state index contributed by atoms with van der Waals surface area (Å²) in [4.78, 5) is 16.2. The number of nitrogens with one attached hydrogen (secondary N) is 3. The Hall–Kier alpha value is -3.03. The van der Waals surface area contributed by atoms with E-state index in [1.807, 2.05) is 75.1 Å². The van der Waals surface area contributed by atoms with Crippen molar-refractivity contribution in [2.75, 3.05) is 26.2 Å². The Bertz CT molecular complexity index is 780. The molecule has 3 N–H and O–H groups in total. The highest BCUT2D eigenvalue weighted by Crippen LogP contribution is 2.08. The Morgan fingerprint density at radius 3 is 2.55 bits per heavy atom. The van der Waals surface area contributed by atoms with Gasteiger partial charge < -0.3 is 20.7 Å². The molecule has 0 radical (unpaired) electrons. The zero-order valence-corrected chi connectivity index (χ0v) is 17.7. The molecule has 1 aromatic heterocycles. The zero-order valence-electron chi connectivity index (χ0n) is 17.7. The van der Waals surface area contributed by atoms with E-state index in [0.717, 1.165) is 24.2 Å². The van der Waals surface area contributed by atoms with Gasteiger partial charge in [-0.05, 0) is 51.8 Å². The van der Waals surface area contributed by atoms with Crippen LogP contribution >= 0.6 is 0 Å². The molecule has 0 aliphatic rings. The summed E-state index contributed by atoms with van der Waals surface area (Å²) in [6.45, 7) is 9.92. The molecular weight excluding hydrogens is 368 g/mol. The Kier molecular flexibility index (Phi) is 8.51. The molecule has 0 bridgehead atoms. The summed E-state index contributed by atoms with van der Waals surface area (Å²) in [5, 5.41) is 13.5. The topological polar surface area (TPSA) is 92.6 Å². The smallest absolute Gasteiger partial charge is 0.407 e. The van der Waals surface area contributed by atoms with Crippen molar-refractivity contribution < 1.29 is 9.53 Å². The van der Waals surface area contributed by atoms with E-state index in [1.165, 1.54) is 0 Å². The van der Waals surface area contributed by atoms with Crippen LogP contribution in [0, 0.1) is 0 Å². The molecule has 0 atom stereocenters. The monoisotopic (exact) mass is 400 g/mol. The highest BCUT2D eigenvalue weighted by Gasteiger charge is 2.15. The maximum absolute atomic E-state index is 11.6. The van der Waals surface area contributed by atoms with Crippen molar-refractivity contribution in [2.24, 2.45) is 4.99 Å². The van der Waals surface area contributed by atoms with Crippen molar-refractivity contribution in [1.29, 1.82) is 0 Å². The lowest BCUT2D eigenvalue weighted by Crippen LogP contribution is -2.42. The van der Waals surface area contributed by atoms with Crippen molar-refractivity contribution >= 4 is 12.1 Å². The third-order valence-corrected chi connectivity index (χ3v) is 3.76. The number of aromatic nitrogens is 2. The van der Waals surface area contributed by atoms with Gasteiger partial charge in [-0.3, -0.25) is 4.99 Å². The maximum Gasteiger partial charge on any atom is 0.407 e. The van der Waals surface area contributed by atoms with Crippen LogP contribution in [0.2, 0.25) is 0 Å². The van der Waals surface area contributed by atoms with Gasteiger partial charge in [0.2, 0.25) is 0 Å². The summed E-state index contributed by atoms with van der Waals surface area (Å²) in [7, 11) is 0. The number of para-hydroxylation sites is 1. The second-order valence-corrected chi connectivity index (χ2v) is 7.49. The van der Waals surface area contributed by atoms with Gasteiger partial charge in [0.05, 0.1) is 11.9 Å². The molecule has 1 heterocycles. The van der Waals surface area contributed by atoms with E-state index in [9.17, 15) is 4.79 Å². The standard InChI is InChI=1S/C21H32N6O2/c1-5-22-19(24-13-14-25-20(28)29-21(2,3)4)23-12-11-17-15-26-27(16-17)18-9-7-6-8-10-18/h6-10,15-16H,5,11-14H2,1-4H3,(H,25,28)(H2,22,23,24). The first-order chi connectivity index (χ1) is 13.9. The lowest BCUT2D eigenvalue weighted by Gasteiger charge is -2.19. The summed E-state index contributed by atoms with van der Waals surface area (Å²) in [5.74, 6) is 0.717. The first-order valence-electron chi connectivity index (χ1n) is 9.95. The molecule has 0 spiro atoms. The van der Waals surface area contributed by atoms with Gasteiger partial charge in [-0.25, -0.2) is 9.48 Å². The summed E-state index contributed by atoms with van der Waals surface area (Å²) in [5.41, 5.74) is 1.66. The molecule has 8 heteroatoms.